The molecule has 210 valence electrons. The first-order valence-corrected chi connectivity index (χ1v) is 13.4. The summed E-state index contributed by atoms with van der Waals surface area (Å²) in [6.07, 6.45) is 1.58. The van der Waals surface area contributed by atoms with Crippen molar-refractivity contribution in [3.63, 3.8) is 0 Å². The van der Waals surface area contributed by atoms with Gasteiger partial charge in [0.05, 0.1) is 6.21 Å². The molecule has 2 heterocycles. The molecule has 0 aliphatic heterocycles. The van der Waals surface area contributed by atoms with Gasteiger partial charge in [-0.25, -0.2) is 5.43 Å². The Balaban J connectivity index is 1.38. The molecule has 0 aliphatic rings. The van der Waals surface area contributed by atoms with Gasteiger partial charge >= 0.3 is 5.91 Å². The lowest BCUT2D eigenvalue weighted by molar-refractivity contribution is 0.0923. The molecule has 0 bridgehead atoms. The number of hydrogen-bond donors (Lipinski definition) is 2. The zero-order chi connectivity index (χ0) is 29.2. The predicted molar refractivity (Wildman–Crippen MR) is 159 cm³/mol. The van der Waals surface area contributed by atoms with Gasteiger partial charge in [-0.3, -0.25) is 4.79 Å². The van der Waals surface area contributed by atoms with Crippen LogP contribution in [-0.2, 0) is 17.4 Å². The summed E-state index contributed by atoms with van der Waals surface area (Å²) < 4.78 is 13.7. The minimum Gasteiger partial charge on any atom is -0.507 e. The maximum absolute atomic E-state index is 12.6. The van der Waals surface area contributed by atoms with Crippen LogP contribution in [0.2, 0.25) is 0 Å². The van der Waals surface area contributed by atoms with Gasteiger partial charge in [-0.1, -0.05) is 41.5 Å². The maximum atomic E-state index is 12.6. The Bertz CT molecular complexity index is 1470. The van der Waals surface area contributed by atoms with Gasteiger partial charge in [-0.15, -0.1) is 0 Å². The van der Waals surface area contributed by atoms with Crippen LogP contribution in [0.4, 0.5) is 0 Å². The van der Waals surface area contributed by atoms with Crippen LogP contribution in [0.5, 0.6) is 11.5 Å². The van der Waals surface area contributed by atoms with Gasteiger partial charge in [-0.05, 0) is 90.9 Å². The van der Waals surface area contributed by atoms with Gasteiger partial charge in [0.1, 0.15) is 23.9 Å². The second kappa shape index (κ2) is 11.1. The highest BCUT2D eigenvalue weighted by Gasteiger charge is 2.26. The number of nitrogens with zero attached hydrogens (tertiary/aromatic N) is 2. The van der Waals surface area contributed by atoms with E-state index in [2.05, 4.69) is 82.6 Å². The molecule has 2 aromatic carbocycles. The SMILES string of the molecule is Cc1ccc(C)n1-c1ccc(OCc2ccc(C(=O)N/N=C/c3cc(C(C)(C)C)c(O)c(C(C)(C)C)c3)o2)cc1. The summed E-state index contributed by atoms with van der Waals surface area (Å²) in [4.78, 5) is 12.6. The average molecular weight is 542 g/mol. The van der Waals surface area contributed by atoms with Crippen LogP contribution in [0.1, 0.15) is 85.9 Å². The molecule has 0 saturated heterocycles. The second-order valence-electron chi connectivity index (χ2n) is 12.2. The number of ether oxygens (including phenoxy) is 1. The van der Waals surface area contributed by atoms with Gasteiger partial charge in [0.2, 0.25) is 0 Å². The largest absolute Gasteiger partial charge is 0.507 e. The molecule has 0 aliphatic carbocycles. The molecule has 0 atom stereocenters. The number of furan rings is 1. The van der Waals surface area contributed by atoms with Gasteiger partial charge in [0.15, 0.2) is 5.76 Å². The first kappa shape index (κ1) is 28.7. The zero-order valence-corrected chi connectivity index (χ0v) is 24.6. The summed E-state index contributed by atoms with van der Waals surface area (Å²) in [5, 5.41) is 15.0. The normalized spacial score (nSPS) is 12.2. The van der Waals surface area contributed by atoms with Crippen molar-refractivity contribution in [3.05, 3.63) is 100 Å². The molecule has 4 rings (SSSR count). The monoisotopic (exact) mass is 541 g/mol. The Hall–Kier alpha value is -4.26. The number of hydrazone groups is 1. The van der Waals surface area contributed by atoms with E-state index in [1.807, 2.05) is 36.4 Å². The van der Waals surface area contributed by atoms with Gasteiger partial charge in [-0.2, -0.15) is 5.10 Å². The number of hydrogen-bond acceptors (Lipinski definition) is 5. The van der Waals surface area contributed by atoms with Crippen LogP contribution in [0, 0.1) is 13.8 Å². The molecule has 7 nitrogen and oxygen atoms in total. The van der Waals surface area contributed by atoms with Crippen molar-refractivity contribution in [1.29, 1.82) is 0 Å². The number of nitrogens with one attached hydrogen (secondary N) is 1. The summed E-state index contributed by atoms with van der Waals surface area (Å²) >= 11 is 0. The number of carbonyl (C=O) groups is 1. The second-order valence-corrected chi connectivity index (χ2v) is 12.2. The van der Waals surface area contributed by atoms with Crippen molar-refractivity contribution in [3.8, 4) is 17.2 Å². The summed E-state index contributed by atoms with van der Waals surface area (Å²) in [6.45, 7) is 16.7. The van der Waals surface area contributed by atoms with Crippen molar-refractivity contribution >= 4 is 12.1 Å². The number of amides is 1. The van der Waals surface area contributed by atoms with Crippen molar-refractivity contribution < 1.29 is 19.1 Å². The van der Waals surface area contributed by atoms with Gasteiger partial charge in [0, 0.05) is 28.2 Å². The van der Waals surface area contributed by atoms with Crippen LogP contribution < -0.4 is 10.2 Å². The Kier molecular flexibility index (Phi) is 7.96. The van der Waals surface area contributed by atoms with Crippen LogP contribution in [-0.4, -0.2) is 21.8 Å². The van der Waals surface area contributed by atoms with Crippen LogP contribution >= 0.6 is 0 Å². The van der Waals surface area contributed by atoms with E-state index in [-0.39, 0.29) is 23.2 Å². The summed E-state index contributed by atoms with van der Waals surface area (Å²) in [5.41, 5.74) is 7.86. The summed E-state index contributed by atoms with van der Waals surface area (Å²) in [5.74, 6) is 1.21. The number of benzene rings is 2. The first-order chi connectivity index (χ1) is 18.7. The van der Waals surface area contributed by atoms with E-state index in [0.717, 1.165) is 22.4 Å². The fraction of sp³-hybridized carbons (Fsp3) is 0.333. The van der Waals surface area contributed by atoms with Crippen LogP contribution in [0.3, 0.4) is 0 Å². The van der Waals surface area contributed by atoms with E-state index >= 15 is 0 Å². The van der Waals surface area contributed by atoms with E-state index < -0.39 is 5.91 Å². The number of aromatic hydroxyl groups is 1. The molecule has 40 heavy (non-hydrogen) atoms. The lowest BCUT2D eigenvalue weighted by Gasteiger charge is -2.27. The molecule has 4 aromatic rings. The first-order valence-electron chi connectivity index (χ1n) is 13.4. The molecule has 0 saturated carbocycles. The summed E-state index contributed by atoms with van der Waals surface area (Å²) in [6, 6.07) is 19.1. The predicted octanol–water partition coefficient (Wildman–Crippen LogP) is 7.33. The van der Waals surface area contributed by atoms with Crippen LogP contribution in [0.15, 0.2) is 70.2 Å². The molecule has 1 amide bonds. The molecule has 2 N–H and O–H groups in total. The topological polar surface area (TPSA) is 89.0 Å². The van der Waals surface area contributed by atoms with E-state index in [4.69, 9.17) is 9.15 Å². The fourth-order valence-electron chi connectivity index (χ4n) is 4.59. The molecule has 0 fully saturated rings. The third kappa shape index (κ3) is 6.47. The standard InChI is InChI=1S/C33H39N3O4/c1-21-9-10-22(2)36(21)24-11-13-25(14-12-24)39-20-26-15-16-29(40-26)31(38)35-34-19-23-17-27(32(3,4)5)30(37)28(18-23)33(6,7)8/h9-19,37H,20H2,1-8H3,(H,35,38)/b34-19+. The smallest absolute Gasteiger partial charge is 0.307 e. The number of aromatic nitrogens is 1. The molecule has 0 spiro atoms. The third-order valence-corrected chi connectivity index (χ3v) is 6.76. The fourth-order valence-corrected chi connectivity index (χ4v) is 4.59. The summed E-state index contributed by atoms with van der Waals surface area (Å²) in [7, 11) is 0. The van der Waals surface area contributed by atoms with Crippen molar-refractivity contribution in [2.45, 2.75) is 72.8 Å². The van der Waals surface area contributed by atoms with E-state index in [1.165, 1.54) is 11.4 Å². The lowest BCUT2D eigenvalue weighted by Crippen LogP contribution is -2.19. The Labute approximate surface area is 236 Å². The number of phenolic OH excluding ortho intramolecular Hbond substituents is 1. The highest BCUT2D eigenvalue weighted by Crippen LogP contribution is 2.39. The zero-order valence-electron chi connectivity index (χ0n) is 24.6. The molecule has 7 heteroatoms. The number of rotatable bonds is 7. The average Bonchev–Trinajstić information content (AvgIpc) is 3.48. The molecular weight excluding hydrogens is 502 g/mol. The van der Waals surface area contributed by atoms with Crippen LogP contribution in [0.25, 0.3) is 5.69 Å². The van der Waals surface area contributed by atoms with Crippen molar-refractivity contribution in [1.82, 2.24) is 9.99 Å². The number of carbonyl (C=O) groups excluding carboxylic acids is 1. The lowest BCUT2D eigenvalue weighted by atomic mass is 9.78. The highest BCUT2D eigenvalue weighted by molar-refractivity contribution is 5.92. The van der Waals surface area contributed by atoms with Crippen molar-refractivity contribution in [2.24, 2.45) is 5.10 Å². The maximum Gasteiger partial charge on any atom is 0.307 e. The molecule has 0 unspecified atom stereocenters. The van der Waals surface area contributed by atoms with E-state index in [1.54, 1.807) is 18.3 Å². The van der Waals surface area contributed by atoms with Gasteiger partial charge < -0.3 is 18.8 Å². The molecular formula is C33H39N3O4. The Morgan fingerprint density at radius 3 is 2.05 bits per heavy atom. The van der Waals surface area contributed by atoms with E-state index in [9.17, 15) is 9.90 Å². The highest BCUT2D eigenvalue weighted by atomic mass is 16.5. The number of aryl methyl sites for hydroxylation is 2. The molecule has 2 aromatic heterocycles. The Morgan fingerprint density at radius 2 is 1.50 bits per heavy atom. The van der Waals surface area contributed by atoms with Crippen molar-refractivity contribution in [2.75, 3.05) is 0 Å². The molecule has 0 radical (unpaired) electrons. The van der Waals surface area contributed by atoms with E-state index in [0.29, 0.717) is 17.3 Å². The van der Waals surface area contributed by atoms with Gasteiger partial charge in [0.25, 0.3) is 0 Å². The minimum absolute atomic E-state index is 0.140. The quantitative estimate of drug-likeness (QED) is 0.189. The Morgan fingerprint density at radius 1 is 0.925 bits per heavy atom. The third-order valence-electron chi connectivity index (χ3n) is 6.76. The minimum atomic E-state index is -0.463. The number of phenols is 1.